The zero-order valence-electron chi connectivity index (χ0n) is 41.0. The second-order valence-corrected chi connectivity index (χ2v) is 16.0. The SMILES string of the molecule is CN.CN=Cc1c(C)c(C)c(C)c(C)c1[N+](=O)[O-].Cc1c(C)c(C)c([N+](=O)[O-])c(C=O)c1C.Cc1c(C)c(C)c2c(C)n(C)nc2c1C.Cc1c(C)c(C)c2nn(C)cc2c1C. The van der Waals surface area contributed by atoms with E-state index in [0.29, 0.717) is 23.0 Å². The third kappa shape index (κ3) is 9.99. The lowest BCUT2D eigenvalue weighted by Gasteiger charge is -2.12. The van der Waals surface area contributed by atoms with Gasteiger partial charge in [0.2, 0.25) is 0 Å². The maximum atomic E-state index is 11.1. The summed E-state index contributed by atoms with van der Waals surface area (Å²) in [5, 5.41) is 33.6. The van der Waals surface area contributed by atoms with Gasteiger partial charge in [0.05, 0.1) is 32.0 Å². The molecule has 0 aliphatic rings. The number of aromatic nitrogens is 4. The number of nitro benzene ring substituents is 2. The van der Waals surface area contributed by atoms with Crippen molar-refractivity contribution in [2.75, 3.05) is 14.1 Å². The lowest BCUT2D eigenvalue weighted by molar-refractivity contribution is -0.385. The molecule has 6 aromatic rings. The van der Waals surface area contributed by atoms with Gasteiger partial charge in [-0.1, -0.05) is 0 Å². The van der Waals surface area contributed by atoms with Gasteiger partial charge in [0.1, 0.15) is 0 Å². The monoisotopic (exact) mass is 849 g/mol. The molecular formula is C49H68N8O5. The van der Waals surface area contributed by atoms with Crippen molar-refractivity contribution in [1.82, 2.24) is 19.6 Å². The Kier molecular flexibility index (Phi) is 17.7. The molecule has 0 spiro atoms. The molecule has 0 saturated heterocycles. The molecule has 0 atom stereocenters. The van der Waals surface area contributed by atoms with Crippen LogP contribution in [-0.4, -0.2) is 56.0 Å². The third-order valence-corrected chi connectivity index (χ3v) is 13.2. The van der Waals surface area contributed by atoms with Crippen LogP contribution in [0.3, 0.4) is 0 Å². The van der Waals surface area contributed by atoms with Gasteiger partial charge in [0.15, 0.2) is 6.29 Å². The number of nitro groups is 2. The average Bonchev–Trinajstić information content (AvgIpc) is 3.78. The largest absolute Gasteiger partial charge is 0.333 e. The Morgan fingerprint density at radius 3 is 1.34 bits per heavy atom. The lowest BCUT2D eigenvalue weighted by atomic mass is 9.93. The Hall–Kier alpha value is -6.08. The number of aliphatic imine (C=N–C) groups is 1. The predicted octanol–water partition coefficient (Wildman–Crippen LogP) is 11.0. The highest BCUT2D eigenvalue weighted by molar-refractivity contribution is 5.91. The molecule has 6 rings (SSSR count). The smallest absolute Gasteiger partial charge is 0.283 e. The van der Waals surface area contributed by atoms with Crippen molar-refractivity contribution >= 4 is 45.7 Å². The minimum atomic E-state index is -0.488. The summed E-state index contributed by atoms with van der Waals surface area (Å²) in [5.74, 6) is 0. The summed E-state index contributed by atoms with van der Waals surface area (Å²) in [4.78, 5) is 35.9. The minimum absolute atomic E-state index is 0.0643. The van der Waals surface area contributed by atoms with Gasteiger partial charge < -0.3 is 5.73 Å². The van der Waals surface area contributed by atoms with E-state index in [1.807, 2.05) is 58.1 Å². The fourth-order valence-corrected chi connectivity index (χ4v) is 7.77. The number of benzene rings is 4. The van der Waals surface area contributed by atoms with Gasteiger partial charge in [-0.15, -0.1) is 0 Å². The van der Waals surface area contributed by atoms with Crippen molar-refractivity contribution in [3.63, 3.8) is 0 Å². The maximum absolute atomic E-state index is 11.1. The molecule has 2 heterocycles. The van der Waals surface area contributed by atoms with Crippen LogP contribution in [0.15, 0.2) is 11.2 Å². The van der Waals surface area contributed by atoms with Crippen LogP contribution in [0.25, 0.3) is 21.8 Å². The summed E-state index contributed by atoms with van der Waals surface area (Å²) in [6, 6.07) is 0. The first-order chi connectivity index (χ1) is 28.8. The second-order valence-electron chi connectivity index (χ2n) is 16.0. The van der Waals surface area contributed by atoms with Crippen LogP contribution < -0.4 is 5.73 Å². The van der Waals surface area contributed by atoms with Crippen LogP contribution in [0.1, 0.15) is 111 Å². The van der Waals surface area contributed by atoms with Crippen LogP contribution in [0.5, 0.6) is 0 Å². The molecule has 0 radical (unpaired) electrons. The van der Waals surface area contributed by atoms with Crippen LogP contribution >= 0.6 is 0 Å². The second kappa shape index (κ2) is 21.1. The van der Waals surface area contributed by atoms with E-state index in [2.05, 4.69) is 89.4 Å². The zero-order chi connectivity index (χ0) is 48.0. The predicted molar refractivity (Wildman–Crippen MR) is 257 cm³/mol. The number of carbonyl (C=O) groups is 1. The lowest BCUT2D eigenvalue weighted by Crippen LogP contribution is -2.05. The summed E-state index contributed by atoms with van der Waals surface area (Å²) in [7, 11) is 7.11. The number of hydrogen-bond acceptors (Lipinski definition) is 9. The van der Waals surface area contributed by atoms with Crippen molar-refractivity contribution in [2.45, 2.75) is 118 Å². The topological polar surface area (TPSA) is 177 Å². The highest BCUT2D eigenvalue weighted by atomic mass is 16.6. The fourth-order valence-electron chi connectivity index (χ4n) is 7.77. The highest BCUT2D eigenvalue weighted by Crippen LogP contribution is 2.33. The Balaban J connectivity index is 0.000000281. The Bertz CT molecular complexity index is 2690. The molecule has 13 nitrogen and oxygen atoms in total. The van der Waals surface area contributed by atoms with Crippen LogP contribution in [-0.2, 0) is 14.1 Å². The van der Waals surface area contributed by atoms with Crippen molar-refractivity contribution in [1.29, 1.82) is 0 Å². The summed E-state index contributed by atoms with van der Waals surface area (Å²) in [5.41, 5.74) is 26.7. The molecule has 4 aromatic carbocycles. The Morgan fingerprint density at radius 2 is 0.903 bits per heavy atom. The Labute approximate surface area is 367 Å². The molecule has 0 fully saturated rings. The number of carbonyl (C=O) groups excluding carboxylic acids is 1. The standard InChI is InChI=1S/C13H18N2.C12H16N2O2.C12H16N2.C11H13NO3.CH5N/c1-7-8(2)10(4)13-12(9(7)3)11(5)15(6)14-13;1-7-8(2)10(4)12(14(15)16)11(6-13-5)9(7)3;1-7-8(2)10(4)12-11(9(7)3)6-14(5)13-12;1-6-7(2)9(4)11(12(14)15)10(5-13)8(6)3;1-2/h1-6H3;6H,1-5H3;6H,1-5H3;5H,1-4H3;2H2,1H3. The number of hydrogen-bond donors (Lipinski definition) is 1. The fraction of sp³-hybridized carbons (Fsp3) is 0.429. The number of rotatable bonds is 4. The molecule has 0 bridgehead atoms. The molecule has 2 N–H and O–H groups in total. The number of aldehydes is 1. The van der Waals surface area contributed by atoms with E-state index >= 15 is 0 Å². The minimum Gasteiger partial charge on any atom is -0.333 e. The highest BCUT2D eigenvalue weighted by Gasteiger charge is 2.24. The van der Waals surface area contributed by atoms with Gasteiger partial charge >= 0.3 is 0 Å². The van der Waals surface area contributed by atoms with E-state index in [4.69, 9.17) is 0 Å². The van der Waals surface area contributed by atoms with Gasteiger partial charge in [-0.05, 0) is 203 Å². The van der Waals surface area contributed by atoms with E-state index in [1.54, 1.807) is 34.0 Å². The van der Waals surface area contributed by atoms with E-state index in [0.717, 1.165) is 44.4 Å². The van der Waals surface area contributed by atoms with Crippen LogP contribution in [0, 0.1) is 138 Å². The molecule has 0 aliphatic heterocycles. The average molecular weight is 849 g/mol. The molecule has 0 unspecified atom stereocenters. The molecule has 0 saturated carbocycles. The molecule has 0 aliphatic carbocycles. The van der Waals surface area contributed by atoms with Gasteiger partial charge in [-0.25, -0.2) is 0 Å². The number of aryl methyl sites for hydroxylation is 7. The quantitative estimate of drug-likeness (QED) is 0.0788. The van der Waals surface area contributed by atoms with E-state index in [-0.39, 0.29) is 21.9 Å². The molecule has 0 amide bonds. The first-order valence-corrected chi connectivity index (χ1v) is 20.5. The van der Waals surface area contributed by atoms with Crippen molar-refractivity contribution < 1.29 is 14.6 Å². The van der Waals surface area contributed by atoms with Crippen molar-refractivity contribution in [3.05, 3.63) is 132 Å². The summed E-state index contributed by atoms with van der Waals surface area (Å²) in [6.07, 6.45) is 4.23. The third-order valence-electron chi connectivity index (χ3n) is 13.2. The summed E-state index contributed by atoms with van der Waals surface area (Å²) in [6.45, 7) is 34.2. The first kappa shape index (κ1) is 52.1. The summed E-state index contributed by atoms with van der Waals surface area (Å²) >= 11 is 0. The Morgan fingerprint density at radius 1 is 0.532 bits per heavy atom. The molecule has 2 aromatic heterocycles. The normalized spacial score (nSPS) is 10.7. The number of nitrogens with zero attached hydrogens (tertiary/aromatic N) is 7. The first-order valence-electron chi connectivity index (χ1n) is 20.5. The van der Waals surface area contributed by atoms with E-state index in [9.17, 15) is 25.0 Å². The molecule has 13 heteroatoms. The zero-order valence-corrected chi connectivity index (χ0v) is 41.0. The van der Waals surface area contributed by atoms with E-state index in [1.165, 1.54) is 68.0 Å². The number of fused-ring (bicyclic) bond motifs is 2. The van der Waals surface area contributed by atoms with Crippen LogP contribution in [0.2, 0.25) is 0 Å². The van der Waals surface area contributed by atoms with Gasteiger partial charge in [0, 0.05) is 61.1 Å². The van der Waals surface area contributed by atoms with Gasteiger partial charge in [-0.3, -0.25) is 39.4 Å². The number of nitrogens with two attached hydrogens (primary N) is 1. The van der Waals surface area contributed by atoms with Gasteiger partial charge in [0.25, 0.3) is 11.4 Å². The molecule has 334 valence electrons. The molecule has 62 heavy (non-hydrogen) atoms. The van der Waals surface area contributed by atoms with Crippen LogP contribution in [0.4, 0.5) is 11.4 Å². The maximum Gasteiger partial charge on any atom is 0.283 e. The van der Waals surface area contributed by atoms with Crippen molar-refractivity contribution in [3.8, 4) is 0 Å². The molecular weight excluding hydrogens is 781 g/mol. The van der Waals surface area contributed by atoms with E-state index < -0.39 is 4.92 Å². The van der Waals surface area contributed by atoms with Gasteiger partial charge in [-0.2, -0.15) is 10.2 Å². The van der Waals surface area contributed by atoms with Crippen molar-refractivity contribution in [2.24, 2.45) is 24.8 Å². The summed E-state index contributed by atoms with van der Waals surface area (Å²) < 4.78 is 3.87.